The van der Waals surface area contributed by atoms with Crippen LogP contribution in [0.15, 0.2) is 39.5 Å². The Morgan fingerprint density at radius 3 is 2.43 bits per heavy atom. The fourth-order valence-corrected chi connectivity index (χ4v) is 2.24. The largest absolute Gasteiger partial charge is 0.507 e. The van der Waals surface area contributed by atoms with Gasteiger partial charge in [0.15, 0.2) is 0 Å². The van der Waals surface area contributed by atoms with Gasteiger partial charge in [-0.3, -0.25) is 10.1 Å². The van der Waals surface area contributed by atoms with Crippen molar-refractivity contribution in [3.05, 3.63) is 73.3 Å². The lowest BCUT2D eigenvalue weighted by Crippen LogP contribution is -2.21. The van der Waals surface area contributed by atoms with E-state index < -0.39 is 23.0 Å². The van der Waals surface area contributed by atoms with Crippen LogP contribution >= 0.6 is 0 Å². The summed E-state index contributed by atoms with van der Waals surface area (Å²) in [5.41, 5.74) is 0.753. The summed E-state index contributed by atoms with van der Waals surface area (Å²) >= 11 is 0. The molecule has 1 atom stereocenters. The molecule has 1 heterocycles. The minimum atomic E-state index is -0.850. The van der Waals surface area contributed by atoms with E-state index in [1.165, 1.54) is 13.0 Å². The Balaban J connectivity index is 2.58. The minimum absolute atomic E-state index is 0.0823. The lowest BCUT2D eigenvalue weighted by Gasteiger charge is -2.14. The van der Waals surface area contributed by atoms with E-state index in [2.05, 4.69) is 0 Å². The van der Waals surface area contributed by atoms with Crippen LogP contribution in [0.5, 0.6) is 5.75 Å². The van der Waals surface area contributed by atoms with Gasteiger partial charge in [0, 0.05) is 11.0 Å². The van der Waals surface area contributed by atoms with Gasteiger partial charge in [-0.25, -0.2) is 4.79 Å². The van der Waals surface area contributed by atoms with E-state index in [1.807, 2.05) is 6.92 Å². The number of hydrogen-bond donors (Lipinski definition) is 1. The number of hydrogen-bond acceptors (Lipinski definition) is 5. The Bertz CT molecular complexity index is 718. The van der Waals surface area contributed by atoms with Crippen molar-refractivity contribution in [1.29, 1.82) is 0 Å². The van der Waals surface area contributed by atoms with Crippen LogP contribution in [0.4, 0.5) is 0 Å². The quantitative estimate of drug-likeness (QED) is 0.689. The second kappa shape index (κ2) is 5.78. The third kappa shape index (κ3) is 3.28. The predicted octanol–water partition coefficient (Wildman–Crippen LogP) is 2.37. The van der Waals surface area contributed by atoms with Gasteiger partial charge in [-0.2, -0.15) is 0 Å². The Labute approximate surface area is 120 Å². The Morgan fingerprint density at radius 2 is 1.90 bits per heavy atom. The van der Waals surface area contributed by atoms with Crippen LogP contribution in [0, 0.1) is 24.0 Å². The molecule has 1 unspecified atom stereocenters. The van der Waals surface area contributed by atoms with Gasteiger partial charge >= 0.3 is 5.63 Å². The maximum absolute atomic E-state index is 12.0. The normalized spacial score (nSPS) is 12.1. The van der Waals surface area contributed by atoms with E-state index in [1.54, 1.807) is 24.3 Å². The molecule has 0 fully saturated rings. The van der Waals surface area contributed by atoms with Crippen molar-refractivity contribution in [2.24, 2.45) is 0 Å². The van der Waals surface area contributed by atoms with Crippen LogP contribution in [0.3, 0.4) is 0 Å². The zero-order chi connectivity index (χ0) is 15.6. The Kier molecular flexibility index (Phi) is 4.07. The number of aromatic hydroxyl groups is 1. The SMILES string of the molecule is Cc1ccc(C(C[N+](=O)[O-])c2c(O)cc(C)oc2=O)cc1. The van der Waals surface area contributed by atoms with Crippen LogP contribution in [0.1, 0.15) is 28.4 Å². The van der Waals surface area contributed by atoms with Gasteiger partial charge in [-0.1, -0.05) is 29.8 Å². The van der Waals surface area contributed by atoms with E-state index in [4.69, 9.17) is 4.42 Å². The lowest BCUT2D eigenvalue weighted by molar-refractivity contribution is -0.481. The molecule has 6 nitrogen and oxygen atoms in total. The lowest BCUT2D eigenvalue weighted by atomic mass is 9.91. The summed E-state index contributed by atoms with van der Waals surface area (Å²) in [6.45, 7) is 2.92. The van der Waals surface area contributed by atoms with Crippen LogP contribution < -0.4 is 5.63 Å². The third-order valence-electron chi connectivity index (χ3n) is 3.25. The molecule has 110 valence electrons. The highest BCUT2D eigenvalue weighted by Crippen LogP contribution is 2.29. The summed E-state index contributed by atoms with van der Waals surface area (Å²) in [5, 5.41) is 20.9. The monoisotopic (exact) mass is 289 g/mol. The van der Waals surface area contributed by atoms with Crippen molar-refractivity contribution in [3.63, 3.8) is 0 Å². The van der Waals surface area contributed by atoms with Gasteiger partial charge in [-0.15, -0.1) is 0 Å². The summed E-state index contributed by atoms with van der Waals surface area (Å²) < 4.78 is 4.96. The maximum Gasteiger partial charge on any atom is 0.343 e. The fourth-order valence-electron chi connectivity index (χ4n) is 2.24. The first kappa shape index (κ1) is 14.8. The number of rotatable bonds is 4. The minimum Gasteiger partial charge on any atom is -0.507 e. The Morgan fingerprint density at radius 1 is 1.29 bits per heavy atom. The van der Waals surface area contributed by atoms with E-state index in [-0.39, 0.29) is 17.1 Å². The molecule has 2 rings (SSSR count). The molecule has 0 radical (unpaired) electrons. The molecule has 0 saturated carbocycles. The molecule has 1 aromatic heterocycles. The molecule has 2 aromatic rings. The standard InChI is InChI=1S/C15H15NO5/c1-9-3-5-11(6-4-9)12(8-16(19)20)14-13(17)7-10(2)21-15(14)18/h3-7,12,17H,8H2,1-2H3. The highest BCUT2D eigenvalue weighted by Gasteiger charge is 2.27. The van der Waals surface area contributed by atoms with Crippen molar-refractivity contribution >= 4 is 0 Å². The second-order valence-electron chi connectivity index (χ2n) is 4.92. The van der Waals surface area contributed by atoms with Crippen molar-refractivity contribution in [2.75, 3.05) is 6.54 Å². The molecule has 1 N–H and O–H groups in total. The average Bonchev–Trinajstić information content (AvgIpc) is 2.37. The van der Waals surface area contributed by atoms with Gasteiger partial charge in [-0.05, 0) is 19.4 Å². The first-order chi connectivity index (χ1) is 9.88. The van der Waals surface area contributed by atoms with E-state index in [0.29, 0.717) is 5.56 Å². The molecule has 0 bridgehead atoms. The summed E-state index contributed by atoms with van der Waals surface area (Å²) in [6.07, 6.45) is 0. The fraction of sp³-hybridized carbons (Fsp3) is 0.267. The van der Waals surface area contributed by atoms with Crippen molar-refractivity contribution in [1.82, 2.24) is 0 Å². The van der Waals surface area contributed by atoms with Crippen molar-refractivity contribution < 1.29 is 14.4 Å². The predicted molar refractivity (Wildman–Crippen MR) is 76.3 cm³/mol. The number of nitrogens with zero attached hydrogens (tertiary/aromatic N) is 1. The van der Waals surface area contributed by atoms with Crippen LogP contribution in [0.25, 0.3) is 0 Å². The molecule has 0 spiro atoms. The maximum atomic E-state index is 12.0. The third-order valence-corrected chi connectivity index (χ3v) is 3.25. The summed E-state index contributed by atoms with van der Waals surface area (Å²) in [5.74, 6) is -0.876. The first-order valence-corrected chi connectivity index (χ1v) is 6.40. The summed E-state index contributed by atoms with van der Waals surface area (Å²) in [4.78, 5) is 22.4. The van der Waals surface area contributed by atoms with Gasteiger partial charge in [0.05, 0.1) is 11.5 Å². The second-order valence-corrected chi connectivity index (χ2v) is 4.92. The number of nitro groups is 1. The van der Waals surface area contributed by atoms with Gasteiger partial charge in [0.2, 0.25) is 6.54 Å². The molecule has 1 aromatic carbocycles. The number of aryl methyl sites for hydroxylation is 2. The van der Waals surface area contributed by atoms with E-state index in [9.17, 15) is 20.0 Å². The van der Waals surface area contributed by atoms with Gasteiger partial charge in [0.1, 0.15) is 11.5 Å². The van der Waals surface area contributed by atoms with E-state index in [0.717, 1.165) is 5.56 Å². The smallest absolute Gasteiger partial charge is 0.343 e. The molecular weight excluding hydrogens is 274 g/mol. The summed E-state index contributed by atoms with van der Waals surface area (Å²) in [7, 11) is 0. The summed E-state index contributed by atoms with van der Waals surface area (Å²) in [6, 6.07) is 8.31. The van der Waals surface area contributed by atoms with Crippen LogP contribution in [-0.4, -0.2) is 16.6 Å². The molecular formula is C15H15NO5. The molecule has 21 heavy (non-hydrogen) atoms. The van der Waals surface area contributed by atoms with E-state index >= 15 is 0 Å². The average molecular weight is 289 g/mol. The first-order valence-electron chi connectivity index (χ1n) is 6.40. The van der Waals surface area contributed by atoms with Crippen LogP contribution in [-0.2, 0) is 0 Å². The molecule has 0 aliphatic carbocycles. The molecule has 6 heteroatoms. The molecule has 0 aliphatic heterocycles. The molecule has 0 saturated heterocycles. The van der Waals surface area contributed by atoms with Crippen LogP contribution in [0.2, 0.25) is 0 Å². The van der Waals surface area contributed by atoms with Crippen molar-refractivity contribution in [3.8, 4) is 5.75 Å². The topological polar surface area (TPSA) is 93.6 Å². The molecule has 0 aliphatic rings. The highest BCUT2D eigenvalue weighted by atomic mass is 16.6. The Hall–Kier alpha value is -2.63. The zero-order valence-electron chi connectivity index (χ0n) is 11.7. The zero-order valence-corrected chi connectivity index (χ0v) is 11.7. The van der Waals surface area contributed by atoms with Gasteiger partial charge < -0.3 is 9.52 Å². The molecule has 0 amide bonds. The van der Waals surface area contributed by atoms with Crippen molar-refractivity contribution in [2.45, 2.75) is 19.8 Å². The highest BCUT2D eigenvalue weighted by molar-refractivity contribution is 5.40. The number of benzene rings is 1. The van der Waals surface area contributed by atoms with Gasteiger partial charge in [0.25, 0.3) is 0 Å².